The molecule has 0 aliphatic carbocycles. The monoisotopic (exact) mass is 389 g/mol. The first-order valence-electron chi connectivity index (χ1n) is 8.83. The lowest BCUT2D eigenvalue weighted by atomic mass is 9.99. The van der Waals surface area contributed by atoms with E-state index in [1.54, 1.807) is 6.07 Å². The molecule has 2 heterocycles. The number of aromatic nitrogens is 1. The van der Waals surface area contributed by atoms with Crippen LogP contribution in [0.4, 0.5) is 4.39 Å². The summed E-state index contributed by atoms with van der Waals surface area (Å²) in [4.78, 5) is 0. The molecule has 1 saturated heterocycles. The molecule has 0 amide bonds. The lowest BCUT2D eigenvalue weighted by Crippen LogP contribution is -2.60. The highest BCUT2D eigenvalue weighted by Crippen LogP contribution is 2.28. The van der Waals surface area contributed by atoms with Crippen molar-refractivity contribution in [2.45, 2.75) is 30.7 Å². The number of aliphatic hydroxyl groups excluding tert-OH is 4. The quantitative estimate of drug-likeness (QED) is 0.530. The molecule has 28 heavy (non-hydrogen) atoms. The standard InChI is InChI=1S/C20H20FNO6/c21-13-9-12(22-8-7-11-3-1-2-4-14(11)22)5-6-15(13)27-20-19(26)18(25)17(24)16(10-23)28-20/h1-9,16-20,23-26H,10H2/t16-,17-,18?,19?,20+/m1/s1. The van der Waals surface area contributed by atoms with Crippen LogP contribution in [0.15, 0.2) is 54.7 Å². The molecular weight excluding hydrogens is 369 g/mol. The smallest absolute Gasteiger partial charge is 0.229 e. The van der Waals surface area contributed by atoms with Gasteiger partial charge in [0.1, 0.15) is 24.4 Å². The second-order valence-electron chi connectivity index (χ2n) is 6.67. The van der Waals surface area contributed by atoms with Gasteiger partial charge in [0.2, 0.25) is 6.29 Å². The Morgan fingerprint density at radius 2 is 1.79 bits per heavy atom. The minimum atomic E-state index is -1.61. The van der Waals surface area contributed by atoms with Gasteiger partial charge in [-0.25, -0.2) is 4.39 Å². The fourth-order valence-electron chi connectivity index (χ4n) is 3.33. The van der Waals surface area contributed by atoms with Gasteiger partial charge in [-0.15, -0.1) is 0 Å². The molecule has 0 radical (unpaired) electrons. The van der Waals surface area contributed by atoms with Crippen molar-refractivity contribution in [3.05, 3.63) is 60.5 Å². The van der Waals surface area contributed by atoms with Crippen molar-refractivity contribution < 1.29 is 34.3 Å². The van der Waals surface area contributed by atoms with Crippen LogP contribution >= 0.6 is 0 Å². The molecule has 0 bridgehead atoms. The molecule has 4 N–H and O–H groups in total. The highest BCUT2D eigenvalue weighted by molar-refractivity contribution is 5.81. The maximum Gasteiger partial charge on any atom is 0.229 e. The van der Waals surface area contributed by atoms with Gasteiger partial charge in [-0.1, -0.05) is 18.2 Å². The molecule has 148 valence electrons. The molecule has 8 heteroatoms. The fraction of sp³-hybridized carbons (Fsp3) is 0.300. The zero-order valence-electron chi connectivity index (χ0n) is 14.7. The molecule has 7 nitrogen and oxygen atoms in total. The van der Waals surface area contributed by atoms with Gasteiger partial charge >= 0.3 is 0 Å². The van der Waals surface area contributed by atoms with E-state index in [4.69, 9.17) is 9.47 Å². The van der Waals surface area contributed by atoms with Crippen LogP contribution in [0, 0.1) is 5.82 Å². The van der Waals surface area contributed by atoms with Crippen LogP contribution in [-0.4, -0.2) is 62.3 Å². The highest BCUT2D eigenvalue weighted by Gasteiger charge is 2.44. The molecular formula is C20H20FNO6. The Morgan fingerprint density at radius 3 is 2.54 bits per heavy atom. The number of rotatable bonds is 4. The highest BCUT2D eigenvalue weighted by atomic mass is 19.1. The van der Waals surface area contributed by atoms with E-state index in [-0.39, 0.29) is 5.75 Å². The summed E-state index contributed by atoms with van der Waals surface area (Å²) in [7, 11) is 0. The van der Waals surface area contributed by atoms with E-state index >= 15 is 0 Å². The van der Waals surface area contributed by atoms with Gasteiger partial charge in [0.15, 0.2) is 11.6 Å². The molecule has 2 unspecified atom stereocenters. The average Bonchev–Trinajstić information content (AvgIpc) is 3.14. The molecule has 3 aromatic rings. The van der Waals surface area contributed by atoms with Crippen LogP contribution in [0.1, 0.15) is 0 Å². The Kier molecular flexibility index (Phi) is 5.05. The summed E-state index contributed by atoms with van der Waals surface area (Å²) in [6.45, 7) is -0.590. The molecule has 0 saturated carbocycles. The van der Waals surface area contributed by atoms with Crippen molar-refractivity contribution in [3.63, 3.8) is 0 Å². The van der Waals surface area contributed by atoms with Gasteiger partial charge in [-0.3, -0.25) is 0 Å². The number of nitrogens with zero attached hydrogens (tertiary/aromatic N) is 1. The van der Waals surface area contributed by atoms with Crippen molar-refractivity contribution in [2.24, 2.45) is 0 Å². The lowest BCUT2D eigenvalue weighted by molar-refractivity contribution is -0.277. The Morgan fingerprint density at radius 1 is 1.00 bits per heavy atom. The van der Waals surface area contributed by atoms with Crippen LogP contribution in [0.5, 0.6) is 5.75 Å². The van der Waals surface area contributed by atoms with Crippen molar-refractivity contribution in [1.82, 2.24) is 4.57 Å². The summed E-state index contributed by atoms with van der Waals surface area (Å²) in [5.41, 5.74) is 1.50. The van der Waals surface area contributed by atoms with E-state index in [9.17, 15) is 24.8 Å². The zero-order valence-corrected chi connectivity index (χ0v) is 14.7. The summed E-state index contributed by atoms with van der Waals surface area (Å²) in [6, 6.07) is 13.9. The largest absolute Gasteiger partial charge is 0.459 e. The molecule has 2 aromatic carbocycles. The Labute approximate surface area is 159 Å². The molecule has 1 aliphatic rings. The van der Waals surface area contributed by atoms with Gasteiger partial charge in [0.05, 0.1) is 12.1 Å². The number of benzene rings is 2. The third-order valence-electron chi connectivity index (χ3n) is 4.88. The number of ether oxygens (including phenoxy) is 2. The van der Waals surface area contributed by atoms with E-state index < -0.39 is 43.1 Å². The van der Waals surface area contributed by atoms with Gasteiger partial charge in [0, 0.05) is 18.0 Å². The second kappa shape index (κ2) is 7.50. The summed E-state index contributed by atoms with van der Waals surface area (Å²) in [6.07, 6.45) is -5.44. The summed E-state index contributed by atoms with van der Waals surface area (Å²) in [5.74, 6) is -0.878. The summed E-state index contributed by atoms with van der Waals surface area (Å²) >= 11 is 0. The maximum absolute atomic E-state index is 14.6. The van der Waals surface area contributed by atoms with Gasteiger partial charge in [-0.2, -0.15) is 0 Å². The van der Waals surface area contributed by atoms with Crippen molar-refractivity contribution >= 4 is 10.9 Å². The molecule has 4 rings (SSSR count). The van der Waals surface area contributed by atoms with E-state index in [2.05, 4.69) is 0 Å². The van der Waals surface area contributed by atoms with Crippen LogP contribution in [0.3, 0.4) is 0 Å². The first kappa shape index (κ1) is 18.9. The SMILES string of the molecule is OC[C@H]1O[C@H](Oc2ccc(-n3ccc4ccccc43)cc2F)C(O)C(O)[C@@H]1O. The molecule has 1 aromatic heterocycles. The first-order valence-corrected chi connectivity index (χ1v) is 8.83. The van der Waals surface area contributed by atoms with Gasteiger partial charge < -0.3 is 34.5 Å². The Bertz CT molecular complexity index is 974. The van der Waals surface area contributed by atoms with E-state index in [0.29, 0.717) is 5.69 Å². The lowest BCUT2D eigenvalue weighted by Gasteiger charge is -2.39. The number of fused-ring (bicyclic) bond motifs is 1. The van der Waals surface area contributed by atoms with Gasteiger partial charge in [0.25, 0.3) is 0 Å². The van der Waals surface area contributed by atoms with Crippen LogP contribution < -0.4 is 4.74 Å². The number of halogens is 1. The zero-order chi connectivity index (χ0) is 19.8. The Hall–Kier alpha value is -2.49. The number of hydrogen-bond acceptors (Lipinski definition) is 6. The van der Waals surface area contributed by atoms with Crippen molar-refractivity contribution in [2.75, 3.05) is 6.61 Å². The van der Waals surface area contributed by atoms with Crippen LogP contribution in [0.25, 0.3) is 16.6 Å². The number of para-hydroxylation sites is 1. The summed E-state index contributed by atoms with van der Waals surface area (Å²) in [5, 5.41) is 39.9. The topological polar surface area (TPSA) is 104 Å². The van der Waals surface area contributed by atoms with E-state index in [1.807, 2.05) is 41.1 Å². The van der Waals surface area contributed by atoms with Crippen LogP contribution in [0.2, 0.25) is 0 Å². The normalized spacial score (nSPS) is 27.8. The molecule has 0 spiro atoms. The predicted octanol–water partition coefficient (Wildman–Crippen LogP) is 0.948. The number of hydrogen-bond donors (Lipinski definition) is 4. The molecule has 5 atom stereocenters. The van der Waals surface area contributed by atoms with Crippen LogP contribution in [-0.2, 0) is 4.74 Å². The van der Waals surface area contributed by atoms with Gasteiger partial charge in [-0.05, 0) is 29.7 Å². The third-order valence-corrected chi connectivity index (χ3v) is 4.88. The van der Waals surface area contributed by atoms with E-state index in [0.717, 1.165) is 10.9 Å². The van der Waals surface area contributed by atoms with Crippen molar-refractivity contribution in [1.29, 1.82) is 0 Å². The fourth-order valence-corrected chi connectivity index (χ4v) is 3.33. The molecule has 1 fully saturated rings. The molecule has 1 aliphatic heterocycles. The summed E-state index contributed by atoms with van der Waals surface area (Å²) < 4.78 is 27.1. The predicted molar refractivity (Wildman–Crippen MR) is 97.6 cm³/mol. The maximum atomic E-state index is 14.6. The first-order chi connectivity index (χ1) is 13.5. The number of aliphatic hydroxyl groups is 4. The minimum absolute atomic E-state index is 0.190. The average molecular weight is 389 g/mol. The van der Waals surface area contributed by atoms with Crippen molar-refractivity contribution in [3.8, 4) is 11.4 Å². The minimum Gasteiger partial charge on any atom is -0.459 e. The second-order valence-corrected chi connectivity index (χ2v) is 6.67. The Balaban J connectivity index is 1.58. The third kappa shape index (κ3) is 3.25. The van der Waals surface area contributed by atoms with E-state index in [1.165, 1.54) is 12.1 Å².